The Kier molecular flexibility index (Phi) is 6.22. The Hall–Kier alpha value is -3.41. The summed E-state index contributed by atoms with van der Waals surface area (Å²) in [6.45, 7) is 1.92. The van der Waals surface area contributed by atoms with E-state index in [1.165, 1.54) is 0 Å². The van der Waals surface area contributed by atoms with Gasteiger partial charge in [0, 0.05) is 38.5 Å². The number of amides is 1. The van der Waals surface area contributed by atoms with Crippen LogP contribution in [0.25, 0.3) is 11.4 Å². The average Bonchev–Trinajstić information content (AvgIpc) is 3.52. The fourth-order valence-corrected chi connectivity index (χ4v) is 5.01. The van der Waals surface area contributed by atoms with Crippen LogP contribution in [0.2, 0.25) is 0 Å². The molecule has 1 amide bonds. The molecule has 0 saturated carbocycles. The fourth-order valence-electron chi connectivity index (χ4n) is 4.64. The molecule has 0 aliphatic carbocycles. The zero-order valence-corrected chi connectivity index (χ0v) is 20.0. The van der Waals surface area contributed by atoms with E-state index >= 15 is 0 Å². The van der Waals surface area contributed by atoms with Crippen LogP contribution in [0.1, 0.15) is 36.4 Å². The molecule has 0 N–H and O–H groups in total. The lowest BCUT2D eigenvalue weighted by molar-refractivity contribution is -0.182. The Balaban J connectivity index is 1.26. The van der Waals surface area contributed by atoms with Crippen LogP contribution in [0.3, 0.4) is 0 Å². The molecule has 2 aliphatic rings. The second-order valence-electron chi connectivity index (χ2n) is 8.57. The van der Waals surface area contributed by atoms with E-state index in [9.17, 15) is 10.1 Å². The third kappa shape index (κ3) is 4.37. The Labute approximate surface area is 199 Å². The van der Waals surface area contributed by atoms with E-state index in [0.717, 1.165) is 34.5 Å². The summed E-state index contributed by atoms with van der Waals surface area (Å²) in [6.07, 6.45) is 5.37. The highest BCUT2D eigenvalue weighted by atomic mass is 31.0. The number of carbonyl (C=O) groups excluding carboxylic acids is 1. The van der Waals surface area contributed by atoms with Gasteiger partial charge in [-0.05, 0) is 41.9 Å². The number of benzene rings is 1. The van der Waals surface area contributed by atoms with Gasteiger partial charge in [-0.1, -0.05) is 5.21 Å². The number of anilines is 1. The highest BCUT2D eigenvalue weighted by molar-refractivity contribution is 7.27. The smallest absolute Gasteiger partial charge is 0.249 e. The van der Waals surface area contributed by atoms with Crippen LogP contribution in [-0.2, 0) is 16.7 Å². The van der Waals surface area contributed by atoms with Gasteiger partial charge in [0.15, 0.2) is 0 Å². The van der Waals surface area contributed by atoms with Crippen molar-refractivity contribution in [1.29, 1.82) is 5.26 Å². The lowest BCUT2D eigenvalue weighted by atomic mass is 9.94. The zero-order chi connectivity index (χ0) is 23.7. The minimum absolute atomic E-state index is 0.0131. The standard InChI is InChI=1S/C23H25N8O2P/c1-29-21(13-27-28-29)19-11-22(26-14-25-19)30-5-2-16(3-6-30)23(32)31-20(4-7-33-31)17-8-15(12-24)9-18(34)10-17/h8-11,13-14,16,20H,2-7,34H2,1H3/t20-/m0/s1. The van der Waals surface area contributed by atoms with Gasteiger partial charge in [-0.2, -0.15) is 5.26 Å². The number of nitrogens with zero attached hydrogens (tertiary/aromatic N) is 8. The second-order valence-corrected chi connectivity index (χ2v) is 9.23. The summed E-state index contributed by atoms with van der Waals surface area (Å²) in [7, 11) is 4.46. The van der Waals surface area contributed by atoms with Crippen molar-refractivity contribution in [1.82, 2.24) is 30.0 Å². The summed E-state index contributed by atoms with van der Waals surface area (Å²) in [6, 6.07) is 9.62. The molecule has 2 atom stereocenters. The average molecular weight is 476 g/mol. The maximum atomic E-state index is 13.4. The number of piperidine rings is 1. The minimum atomic E-state index is -0.171. The molecule has 0 radical (unpaired) electrons. The van der Waals surface area contributed by atoms with Gasteiger partial charge in [-0.25, -0.2) is 19.7 Å². The first-order valence-corrected chi connectivity index (χ1v) is 11.8. The molecule has 10 nitrogen and oxygen atoms in total. The van der Waals surface area contributed by atoms with Crippen LogP contribution in [0.15, 0.2) is 36.8 Å². The first-order chi connectivity index (χ1) is 16.5. The largest absolute Gasteiger partial charge is 0.356 e. The fraction of sp³-hybridized carbons (Fsp3) is 0.391. The third-order valence-electron chi connectivity index (χ3n) is 6.41. The number of aromatic nitrogens is 5. The number of hydrogen-bond donors (Lipinski definition) is 0. The molecule has 4 heterocycles. The van der Waals surface area contributed by atoms with Crippen molar-refractivity contribution in [2.24, 2.45) is 13.0 Å². The van der Waals surface area contributed by atoms with Crippen molar-refractivity contribution >= 4 is 26.3 Å². The van der Waals surface area contributed by atoms with Crippen molar-refractivity contribution in [3.05, 3.63) is 47.9 Å². The molecule has 174 valence electrons. The number of carbonyl (C=O) groups is 1. The van der Waals surface area contributed by atoms with Gasteiger partial charge in [0.25, 0.3) is 0 Å². The van der Waals surface area contributed by atoms with Crippen LogP contribution in [0, 0.1) is 17.2 Å². The van der Waals surface area contributed by atoms with E-state index < -0.39 is 0 Å². The van der Waals surface area contributed by atoms with Crippen LogP contribution in [0.5, 0.6) is 0 Å². The molecule has 34 heavy (non-hydrogen) atoms. The monoisotopic (exact) mass is 476 g/mol. The van der Waals surface area contributed by atoms with E-state index in [-0.39, 0.29) is 17.9 Å². The van der Waals surface area contributed by atoms with Gasteiger partial charge < -0.3 is 4.90 Å². The summed E-state index contributed by atoms with van der Waals surface area (Å²) in [5, 5.41) is 19.7. The highest BCUT2D eigenvalue weighted by Crippen LogP contribution is 2.34. The van der Waals surface area contributed by atoms with E-state index in [1.54, 1.807) is 22.3 Å². The number of aryl methyl sites for hydroxylation is 1. The predicted molar refractivity (Wildman–Crippen MR) is 128 cm³/mol. The molecule has 0 bridgehead atoms. The normalized spacial score (nSPS) is 18.8. The number of hydrogen-bond acceptors (Lipinski definition) is 8. The lowest BCUT2D eigenvalue weighted by Crippen LogP contribution is -2.42. The molecule has 0 spiro atoms. The molecule has 5 rings (SSSR count). The van der Waals surface area contributed by atoms with Crippen molar-refractivity contribution in [3.63, 3.8) is 0 Å². The Morgan fingerprint density at radius 2 is 2.00 bits per heavy atom. The molecule has 11 heteroatoms. The molecular formula is C23H25N8O2P. The second kappa shape index (κ2) is 9.45. The van der Waals surface area contributed by atoms with Gasteiger partial charge in [0.05, 0.1) is 36.2 Å². The van der Waals surface area contributed by atoms with Crippen molar-refractivity contribution < 1.29 is 9.63 Å². The van der Waals surface area contributed by atoms with Crippen molar-refractivity contribution in [2.75, 3.05) is 24.6 Å². The van der Waals surface area contributed by atoms with E-state index in [0.29, 0.717) is 38.1 Å². The molecule has 2 aromatic heterocycles. The van der Waals surface area contributed by atoms with Gasteiger partial charge >= 0.3 is 0 Å². The van der Waals surface area contributed by atoms with Gasteiger partial charge in [0.2, 0.25) is 5.91 Å². The van der Waals surface area contributed by atoms with Gasteiger partial charge in [-0.15, -0.1) is 14.3 Å². The first kappa shape index (κ1) is 22.4. The van der Waals surface area contributed by atoms with Gasteiger partial charge in [-0.3, -0.25) is 9.63 Å². The van der Waals surface area contributed by atoms with Gasteiger partial charge in [0.1, 0.15) is 17.8 Å². The molecule has 3 aromatic rings. The number of nitriles is 1. The van der Waals surface area contributed by atoms with Crippen molar-refractivity contribution in [3.8, 4) is 17.5 Å². The maximum absolute atomic E-state index is 13.4. The van der Waals surface area contributed by atoms with Crippen LogP contribution in [-0.4, -0.2) is 55.6 Å². The van der Waals surface area contributed by atoms with Crippen LogP contribution in [0.4, 0.5) is 5.82 Å². The predicted octanol–water partition coefficient (Wildman–Crippen LogP) is 1.77. The summed E-state index contributed by atoms with van der Waals surface area (Å²) in [5.41, 5.74) is 3.10. The summed E-state index contributed by atoms with van der Waals surface area (Å²) in [5.74, 6) is 0.724. The van der Waals surface area contributed by atoms with E-state index in [4.69, 9.17) is 4.84 Å². The minimum Gasteiger partial charge on any atom is -0.356 e. The third-order valence-corrected chi connectivity index (χ3v) is 6.74. The first-order valence-electron chi connectivity index (χ1n) is 11.2. The van der Waals surface area contributed by atoms with E-state index in [1.807, 2.05) is 31.3 Å². The molecule has 2 saturated heterocycles. The zero-order valence-electron chi connectivity index (χ0n) is 18.8. The maximum Gasteiger partial charge on any atom is 0.249 e. The van der Waals surface area contributed by atoms with E-state index in [2.05, 4.69) is 40.5 Å². The van der Waals surface area contributed by atoms with Crippen LogP contribution < -0.4 is 10.2 Å². The summed E-state index contributed by atoms with van der Waals surface area (Å²) >= 11 is 0. The Bertz CT molecular complexity index is 1250. The molecule has 2 fully saturated rings. The van der Waals surface area contributed by atoms with Crippen LogP contribution >= 0.6 is 9.24 Å². The number of hydroxylamine groups is 2. The Morgan fingerprint density at radius 1 is 1.18 bits per heavy atom. The SMILES string of the molecule is Cn1nncc1-c1cc(N2CCC(C(=O)N3OCC[C@H]3c3cc(P)cc(C#N)c3)CC2)ncn1. The quantitative estimate of drug-likeness (QED) is 0.524. The Morgan fingerprint density at radius 3 is 2.74 bits per heavy atom. The summed E-state index contributed by atoms with van der Waals surface area (Å²) < 4.78 is 1.68. The lowest BCUT2D eigenvalue weighted by Gasteiger charge is -2.34. The topological polar surface area (TPSA) is 113 Å². The van der Waals surface area contributed by atoms with Crippen molar-refractivity contribution in [2.45, 2.75) is 25.3 Å². The number of rotatable bonds is 4. The molecular weight excluding hydrogens is 451 g/mol. The summed E-state index contributed by atoms with van der Waals surface area (Å²) in [4.78, 5) is 30.1. The highest BCUT2D eigenvalue weighted by Gasteiger charge is 2.37. The molecule has 2 aliphatic heterocycles. The molecule has 1 unspecified atom stereocenters. The molecule has 1 aromatic carbocycles.